The number of carbonyl (C=O) groups is 1. The third kappa shape index (κ3) is 3.11. The Bertz CT molecular complexity index is 528. The van der Waals surface area contributed by atoms with Crippen molar-refractivity contribution in [3.63, 3.8) is 0 Å². The van der Waals surface area contributed by atoms with Gasteiger partial charge in [0.1, 0.15) is 17.7 Å². The number of carbonyl (C=O) groups excluding carboxylic acids is 1. The molecule has 1 amide bonds. The third-order valence-electron chi connectivity index (χ3n) is 4.06. The van der Waals surface area contributed by atoms with Gasteiger partial charge in [0.15, 0.2) is 5.79 Å². The van der Waals surface area contributed by atoms with Gasteiger partial charge in [0, 0.05) is 32.7 Å². The Morgan fingerprint density at radius 1 is 1.36 bits per heavy atom. The Labute approximate surface area is 127 Å². The Balaban J connectivity index is 2.06. The van der Waals surface area contributed by atoms with Crippen LogP contribution in [0, 0.1) is 11.6 Å². The Hall–Kier alpha value is -1.57. The Morgan fingerprint density at radius 3 is 2.45 bits per heavy atom. The number of rotatable bonds is 4. The maximum atomic E-state index is 13.6. The summed E-state index contributed by atoms with van der Waals surface area (Å²) in [7, 11) is 2.83. The molecule has 5 nitrogen and oxygen atoms in total. The van der Waals surface area contributed by atoms with Crippen molar-refractivity contribution in [1.82, 2.24) is 4.90 Å². The largest absolute Gasteiger partial charge is 0.386 e. The number of hydrogen-bond donors (Lipinski definition) is 1. The Kier molecular flexibility index (Phi) is 5.10. The van der Waals surface area contributed by atoms with Crippen molar-refractivity contribution in [2.24, 2.45) is 0 Å². The molecule has 1 saturated heterocycles. The molecule has 0 spiro atoms. The molecule has 1 unspecified atom stereocenters. The summed E-state index contributed by atoms with van der Waals surface area (Å²) in [5, 5.41) is 10.1. The second kappa shape index (κ2) is 6.68. The van der Waals surface area contributed by atoms with Crippen molar-refractivity contribution in [3.8, 4) is 0 Å². The number of β-amino-alcohol motifs (C(OH)–C–C–N with tert-alkyl or cyclic N) is 1. The fraction of sp³-hybridized carbons (Fsp3) is 0.533. The number of aliphatic hydroxyl groups is 1. The fourth-order valence-corrected chi connectivity index (χ4v) is 2.65. The summed E-state index contributed by atoms with van der Waals surface area (Å²) in [6.07, 6.45) is -1.16. The number of aliphatic hydroxyl groups excluding tert-OH is 1. The zero-order valence-electron chi connectivity index (χ0n) is 12.5. The molecule has 1 aromatic rings. The van der Waals surface area contributed by atoms with Crippen LogP contribution in [0.15, 0.2) is 18.2 Å². The molecule has 1 N–H and O–H groups in total. The zero-order valence-corrected chi connectivity index (χ0v) is 12.5. The molecule has 1 aromatic carbocycles. The SMILES string of the molecule is COC1(OC)CCN(C(=O)Cc2c(F)cccc2F)CC1O. The summed E-state index contributed by atoms with van der Waals surface area (Å²) in [6.45, 7) is 0.254. The lowest BCUT2D eigenvalue weighted by Crippen LogP contribution is -2.58. The quantitative estimate of drug-likeness (QED) is 0.845. The van der Waals surface area contributed by atoms with E-state index in [-0.39, 0.29) is 25.1 Å². The van der Waals surface area contributed by atoms with Gasteiger partial charge in [-0.15, -0.1) is 0 Å². The van der Waals surface area contributed by atoms with E-state index in [2.05, 4.69) is 0 Å². The molecule has 0 aliphatic carbocycles. The first kappa shape index (κ1) is 16.8. The number of nitrogens with zero attached hydrogens (tertiary/aromatic N) is 1. The monoisotopic (exact) mass is 315 g/mol. The van der Waals surface area contributed by atoms with Gasteiger partial charge in [0.2, 0.25) is 5.91 Å². The molecule has 1 atom stereocenters. The normalized spacial score (nSPS) is 21.0. The van der Waals surface area contributed by atoms with Crippen LogP contribution < -0.4 is 0 Å². The van der Waals surface area contributed by atoms with Crippen LogP contribution in [0.3, 0.4) is 0 Å². The van der Waals surface area contributed by atoms with Gasteiger partial charge in [-0.2, -0.15) is 0 Å². The average Bonchev–Trinajstić information content (AvgIpc) is 2.51. The first-order chi connectivity index (χ1) is 10.4. The van der Waals surface area contributed by atoms with Gasteiger partial charge < -0.3 is 19.5 Å². The molecule has 1 aliphatic heterocycles. The van der Waals surface area contributed by atoms with E-state index in [1.165, 1.54) is 25.2 Å². The highest BCUT2D eigenvalue weighted by molar-refractivity contribution is 5.79. The molecule has 0 bridgehead atoms. The van der Waals surface area contributed by atoms with E-state index >= 15 is 0 Å². The topological polar surface area (TPSA) is 59.0 Å². The maximum absolute atomic E-state index is 13.6. The Morgan fingerprint density at radius 2 is 1.95 bits per heavy atom. The van der Waals surface area contributed by atoms with Gasteiger partial charge in [-0.05, 0) is 12.1 Å². The molecule has 0 saturated carbocycles. The molecule has 1 heterocycles. The molecule has 2 rings (SSSR count). The molecule has 0 radical (unpaired) electrons. The average molecular weight is 315 g/mol. The molecule has 0 aromatic heterocycles. The van der Waals surface area contributed by atoms with Crippen LogP contribution in [0.5, 0.6) is 0 Å². The van der Waals surface area contributed by atoms with E-state index < -0.39 is 35.9 Å². The summed E-state index contributed by atoms with van der Waals surface area (Å²) < 4.78 is 37.6. The van der Waals surface area contributed by atoms with Gasteiger partial charge >= 0.3 is 0 Å². The smallest absolute Gasteiger partial charge is 0.227 e. The number of benzene rings is 1. The summed E-state index contributed by atoms with van der Waals surface area (Å²) in [5.41, 5.74) is -0.266. The minimum absolute atomic E-state index is 0.0173. The molecule has 1 fully saturated rings. The highest BCUT2D eigenvalue weighted by Gasteiger charge is 2.44. The van der Waals surface area contributed by atoms with E-state index in [1.807, 2.05) is 0 Å². The second-order valence-corrected chi connectivity index (χ2v) is 5.20. The van der Waals surface area contributed by atoms with E-state index in [1.54, 1.807) is 0 Å². The standard InChI is InChI=1S/C15H19F2NO4/c1-21-15(22-2)6-7-18(9-13(15)19)14(20)8-10-11(16)4-3-5-12(10)17/h3-5,13,19H,6-9H2,1-2H3. The van der Waals surface area contributed by atoms with Crippen molar-refractivity contribution >= 4 is 5.91 Å². The van der Waals surface area contributed by atoms with Gasteiger partial charge in [-0.25, -0.2) is 8.78 Å². The van der Waals surface area contributed by atoms with Crippen LogP contribution in [-0.2, 0) is 20.7 Å². The van der Waals surface area contributed by atoms with Crippen LogP contribution in [0.2, 0.25) is 0 Å². The number of piperidine rings is 1. The van der Waals surface area contributed by atoms with Crippen LogP contribution in [0.25, 0.3) is 0 Å². The lowest BCUT2D eigenvalue weighted by molar-refractivity contribution is -0.277. The van der Waals surface area contributed by atoms with Crippen molar-refractivity contribution in [2.75, 3.05) is 27.3 Å². The summed E-state index contributed by atoms with van der Waals surface area (Å²) in [6, 6.07) is 3.46. The lowest BCUT2D eigenvalue weighted by atomic mass is 9.99. The predicted molar refractivity (Wildman–Crippen MR) is 74.0 cm³/mol. The van der Waals surface area contributed by atoms with E-state index in [0.717, 1.165) is 12.1 Å². The number of likely N-dealkylation sites (tertiary alicyclic amines) is 1. The molecular formula is C15H19F2NO4. The molecule has 122 valence electrons. The highest BCUT2D eigenvalue weighted by atomic mass is 19.1. The van der Waals surface area contributed by atoms with Crippen LogP contribution in [0.4, 0.5) is 8.78 Å². The predicted octanol–water partition coefficient (Wildman–Crippen LogP) is 1.09. The number of amides is 1. The minimum atomic E-state index is -1.15. The van der Waals surface area contributed by atoms with Crippen LogP contribution in [0.1, 0.15) is 12.0 Å². The summed E-state index contributed by atoms with van der Waals surface area (Å²) in [4.78, 5) is 13.6. The van der Waals surface area contributed by atoms with Crippen molar-refractivity contribution in [1.29, 1.82) is 0 Å². The number of ether oxygens (including phenoxy) is 2. The van der Waals surface area contributed by atoms with Gasteiger partial charge in [0.25, 0.3) is 0 Å². The molecular weight excluding hydrogens is 296 g/mol. The zero-order chi connectivity index (χ0) is 16.3. The van der Waals surface area contributed by atoms with Crippen LogP contribution >= 0.6 is 0 Å². The van der Waals surface area contributed by atoms with Crippen molar-refractivity contribution in [2.45, 2.75) is 24.7 Å². The first-order valence-electron chi connectivity index (χ1n) is 6.92. The maximum Gasteiger partial charge on any atom is 0.227 e. The first-order valence-corrected chi connectivity index (χ1v) is 6.92. The van der Waals surface area contributed by atoms with Crippen LogP contribution in [-0.4, -0.2) is 55.1 Å². The van der Waals surface area contributed by atoms with Gasteiger partial charge in [-0.1, -0.05) is 6.07 Å². The molecule has 22 heavy (non-hydrogen) atoms. The lowest BCUT2D eigenvalue weighted by Gasteiger charge is -2.43. The minimum Gasteiger partial charge on any atom is -0.386 e. The summed E-state index contributed by atoms with van der Waals surface area (Å²) in [5.74, 6) is -3.12. The number of hydrogen-bond acceptors (Lipinski definition) is 4. The third-order valence-corrected chi connectivity index (χ3v) is 4.06. The fourth-order valence-electron chi connectivity index (χ4n) is 2.65. The van der Waals surface area contributed by atoms with E-state index in [4.69, 9.17) is 9.47 Å². The number of methoxy groups -OCH3 is 2. The molecule has 1 aliphatic rings. The van der Waals surface area contributed by atoms with Crippen molar-refractivity contribution in [3.05, 3.63) is 35.4 Å². The van der Waals surface area contributed by atoms with Gasteiger partial charge in [0.05, 0.1) is 13.0 Å². The summed E-state index contributed by atoms with van der Waals surface area (Å²) >= 11 is 0. The van der Waals surface area contributed by atoms with Crippen molar-refractivity contribution < 1.29 is 28.2 Å². The highest BCUT2D eigenvalue weighted by Crippen LogP contribution is 2.27. The molecule has 7 heteroatoms. The van der Waals surface area contributed by atoms with E-state index in [0.29, 0.717) is 0 Å². The number of halogens is 2. The van der Waals surface area contributed by atoms with Gasteiger partial charge in [-0.3, -0.25) is 4.79 Å². The van der Waals surface area contributed by atoms with E-state index in [9.17, 15) is 18.7 Å². The second-order valence-electron chi connectivity index (χ2n) is 5.20.